The van der Waals surface area contributed by atoms with Crippen molar-refractivity contribution in [2.24, 2.45) is 0 Å². The Kier molecular flexibility index (Phi) is 4.54. The predicted molar refractivity (Wildman–Crippen MR) is 74.3 cm³/mol. The van der Waals surface area contributed by atoms with Gasteiger partial charge in [-0.25, -0.2) is 4.79 Å². The van der Waals surface area contributed by atoms with Gasteiger partial charge in [0.05, 0.1) is 0 Å². The highest BCUT2D eigenvalue weighted by Crippen LogP contribution is 2.14. The number of likely N-dealkylation sites (N-methyl/N-ethyl adjacent to an activating group) is 1. The second-order valence-electron chi connectivity index (χ2n) is 5.31. The molecular formula is C15H21NO2. The Labute approximate surface area is 109 Å². The van der Waals surface area contributed by atoms with Crippen molar-refractivity contribution >= 4 is 11.7 Å². The largest absolute Gasteiger partial charge is 0.444 e. The molecule has 0 saturated carbocycles. The predicted octanol–water partition coefficient (Wildman–Crippen LogP) is 3.57. The molecule has 0 saturated heterocycles. The van der Waals surface area contributed by atoms with E-state index in [2.05, 4.69) is 6.58 Å². The van der Waals surface area contributed by atoms with Crippen LogP contribution in [0.15, 0.2) is 36.9 Å². The maximum atomic E-state index is 11.8. The summed E-state index contributed by atoms with van der Waals surface area (Å²) in [5.41, 5.74) is 1.45. The van der Waals surface area contributed by atoms with Crippen LogP contribution >= 0.6 is 0 Å². The molecule has 98 valence electrons. The first-order chi connectivity index (χ1) is 8.29. The van der Waals surface area contributed by atoms with Crippen molar-refractivity contribution < 1.29 is 9.53 Å². The first-order valence-electron chi connectivity index (χ1n) is 5.97. The normalized spacial score (nSPS) is 10.9. The molecule has 1 rings (SSSR count). The number of carbonyl (C=O) groups is 1. The molecular weight excluding hydrogens is 226 g/mol. The molecule has 0 aliphatic heterocycles. The van der Waals surface area contributed by atoms with E-state index in [1.54, 1.807) is 7.05 Å². The minimum absolute atomic E-state index is 0.334. The minimum atomic E-state index is -0.473. The maximum Gasteiger partial charge on any atom is 0.410 e. The lowest BCUT2D eigenvalue weighted by Crippen LogP contribution is -2.34. The van der Waals surface area contributed by atoms with Crippen LogP contribution in [0.5, 0.6) is 0 Å². The quantitative estimate of drug-likeness (QED) is 0.817. The zero-order valence-corrected chi connectivity index (χ0v) is 11.6. The molecule has 1 aromatic rings. The lowest BCUT2D eigenvalue weighted by molar-refractivity contribution is 0.0321. The van der Waals surface area contributed by atoms with E-state index in [9.17, 15) is 4.79 Å². The van der Waals surface area contributed by atoms with Crippen molar-refractivity contribution in [1.82, 2.24) is 4.90 Å². The highest BCUT2D eigenvalue weighted by atomic mass is 16.6. The van der Waals surface area contributed by atoms with E-state index in [1.807, 2.05) is 51.1 Å². The third-order valence-corrected chi connectivity index (χ3v) is 2.32. The maximum absolute atomic E-state index is 11.8. The number of hydrogen-bond acceptors (Lipinski definition) is 2. The van der Waals surface area contributed by atoms with Gasteiger partial charge in [-0.3, -0.25) is 0 Å². The molecule has 1 aromatic carbocycles. The van der Waals surface area contributed by atoms with E-state index in [-0.39, 0.29) is 6.09 Å². The van der Waals surface area contributed by atoms with Crippen molar-refractivity contribution in [3.05, 3.63) is 42.5 Å². The van der Waals surface area contributed by atoms with Crippen LogP contribution in [0.25, 0.3) is 5.57 Å². The molecule has 0 aromatic heterocycles. The summed E-state index contributed by atoms with van der Waals surface area (Å²) in [6.07, 6.45) is -0.334. The molecule has 0 radical (unpaired) electrons. The van der Waals surface area contributed by atoms with Gasteiger partial charge >= 0.3 is 6.09 Å². The second kappa shape index (κ2) is 5.71. The number of rotatable bonds is 3. The molecule has 0 spiro atoms. The van der Waals surface area contributed by atoms with Crippen LogP contribution in [-0.4, -0.2) is 30.2 Å². The van der Waals surface area contributed by atoms with Crippen molar-refractivity contribution in [1.29, 1.82) is 0 Å². The number of amides is 1. The van der Waals surface area contributed by atoms with Crippen molar-refractivity contribution in [3.8, 4) is 0 Å². The fourth-order valence-corrected chi connectivity index (χ4v) is 1.46. The molecule has 0 aliphatic carbocycles. The van der Waals surface area contributed by atoms with Crippen molar-refractivity contribution in [3.63, 3.8) is 0 Å². The Hall–Kier alpha value is -1.77. The van der Waals surface area contributed by atoms with E-state index in [4.69, 9.17) is 4.74 Å². The lowest BCUT2D eigenvalue weighted by atomic mass is 10.1. The third kappa shape index (κ3) is 4.62. The Morgan fingerprint density at radius 3 is 2.33 bits per heavy atom. The summed E-state index contributed by atoms with van der Waals surface area (Å²) in [5.74, 6) is 0. The van der Waals surface area contributed by atoms with Crippen LogP contribution < -0.4 is 0 Å². The Balaban J connectivity index is 2.58. The number of hydrogen-bond donors (Lipinski definition) is 0. The van der Waals surface area contributed by atoms with E-state index < -0.39 is 5.60 Å². The van der Waals surface area contributed by atoms with Gasteiger partial charge in [0.25, 0.3) is 0 Å². The average molecular weight is 247 g/mol. The van der Waals surface area contributed by atoms with Gasteiger partial charge in [-0.1, -0.05) is 36.9 Å². The SMILES string of the molecule is C=C(CN(C)C(=O)OC(C)(C)C)c1ccccc1. The minimum Gasteiger partial charge on any atom is -0.444 e. The molecule has 0 heterocycles. The molecule has 0 fully saturated rings. The highest BCUT2D eigenvalue weighted by molar-refractivity contribution is 5.73. The second-order valence-corrected chi connectivity index (χ2v) is 5.31. The van der Waals surface area contributed by atoms with Crippen LogP contribution in [0, 0.1) is 0 Å². The summed E-state index contributed by atoms with van der Waals surface area (Å²) in [6, 6.07) is 9.81. The zero-order valence-electron chi connectivity index (χ0n) is 11.6. The molecule has 0 N–H and O–H groups in total. The summed E-state index contributed by atoms with van der Waals surface area (Å²) in [6.45, 7) is 10.0. The third-order valence-electron chi connectivity index (χ3n) is 2.32. The molecule has 0 aliphatic rings. The van der Waals surface area contributed by atoms with Gasteiger partial charge in [0.2, 0.25) is 0 Å². The van der Waals surface area contributed by atoms with Crippen molar-refractivity contribution in [2.45, 2.75) is 26.4 Å². The van der Waals surface area contributed by atoms with Crippen LogP contribution in [0.1, 0.15) is 26.3 Å². The summed E-state index contributed by atoms with van der Waals surface area (Å²) in [5, 5.41) is 0. The molecule has 0 unspecified atom stereocenters. The van der Waals surface area contributed by atoms with Crippen LogP contribution in [0.4, 0.5) is 4.79 Å². The van der Waals surface area contributed by atoms with Crippen molar-refractivity contribution in [2.75, 3.05) is 13.6 Å². The molecule has 3 heteroatoms. The number of ether oxygens (including phenoxy) is 1. The van der Waals surface area contributed by atoms with Gasteiger partial charge in [-0.2, -0.15) is 0 Å². The molecule has 0 bridgehead atoms. The molecule has 0 atom stereocenters. The standard InChI is InChI=1S/C15H21NO2/c1-12(13-9-7-6-8-10-13)11-16(5)14(17)18-15(2,3)4/h6-10H,1,11H2,2-5H3. The monoisotopic (exact) mass is 247 g/mol. The van der Waals surface area contributed by atoms with Crippen LogP contribution in [-0.2, 0) is 4.74 Å². The van der Waals surface area contributed by atoms with Crippen LogP contribution in [0.2, 0.25) is 0 Å². The van der Waals surface area contributed by atoms with Gasteiger partial charge in [-0.05, 0) is 31.9 Å². The van der Waals surface area contributed by atoms with E-state index in [1.165, 1.54) is 4.90 Å². The summed E-state index contributed by atoms with van der Waals surface area (Å²) in [4.78, 5) is 13.3. The van der Waals surface area contributed by atoms with Crippen LogP contribution in [0.3, 0.4) is 0 Å². The Morgan fingerprint density at radius 2 is 1.83 bits per heavy atom. The first kappa shape index (κ1) is 14.3. The van der Waals surface area contributed by atoms with E-state index in [0.29, 0.717) is 6.54 Å². The smallest absolute Gasteiger partial charge is 0.410 e. The van der Waals surface area contributed by atoms with Gasteiger partial charge in [0.1, 0.15) is 5.60 Å². The Morgan fingerprint density at radius 1 is 1.28 bits per heavy atom. The molecule has 18 heavy (non-hydrogen) atoms. The molecule has 1 amide bonds. The number of benzene rings is 1. The number of carbonyl (C=O) groups excluding carboxylic acids is 1. The molecule has 3 nitrogen and oxygen atoms in total. The van der Waals surface area contributed by atoms with Gasteiger partial charge in [0.15, 0.2) is 0 Å². The van der Waals surface area contributed by atoms with E-state index >= 15 is 0 Å². The zero-order chi connectivity index (χ0) is 13.8. The summed E-state index contributed by atoms with van der Waals surface area (Å²) in [7, 11) is 1.71. The summed E-state index contributed by atoms with van der Waals surface area (Å²) < 4.78 is 5.28. The lowest BCUT2D eigenvalue weighted by Gasteiger charge is -2.25. The number of nitrogens with zero attached hydrogens (tertiary/aromatic N) is 1. The Bertz CT molecular complexity index is 418. The van der Waals surface area contributed by atoms with E-state index in [0.717, 1.165) is 11.1 Å². The van der Waals surface area contributed by atoms with Gasteiger partial charge < -0.3 is 9.64 Å². The summed E-state index contributed by atoms with van der Waals surface area (Å²) >= 11 is 0. The topological polar surface area (TPSA) is 29.5 Å². The average Bonchev–Trinajstić information content (AvgIpc) is 2.27. The van der Waals surface area contributed by atoms with Gasteiger partial charge in [-0.15, -0.1) is 0 Å². The fraction of sp³-hybridized carbons (Fsp3) is 0.400. The first-order valence-corrected chi connectivity index (χ1v) is 5.97. The fourth-order valence-electron chi connectivity index (χ4n) is 1.46. The highest BCUT2D eigenvalue weighted by Gasteiger charge is 2.19. The van der Waals surface area contributed by atoms with Gasteiger partial charge in [0, 0.05) is 13.6 Å².